The molecular weight excluding hydrogens is 148 g/mol. The van der Waals surface area contributed by atoms with E-state index in [2.05, 4.69) is 13.8 Å². The molecule has 0 amide bonds. The largest absolute Gasteiger partial charge is 0.393 e. The molecule has 1 N–H and O–H groups in total. The molecule has 1 saturated carbocycles. The Bertz CT molecular complexity index is 118. The number of aliphatic hydroxyl groups excluding tert-OH is 1. The summed E-state index contributed by atoms with van der Waals surface area (Å²) in [6.07, 6.45) is 7.42. The average Bonchev–Trinajstić information content (AvgIpc) is 2.83. The molecule has 0 aromatic carbocycles. The summed E-state index contributed by atoms with van der Waals surface area (Å²) in [5, 5.41) is 9.73. The van der Waals surface area contributed by atoms with Gasteiger partial charge in [-0.05, 0) is 24.7 Å². The van der Waals surface area contributed by atoms with Gasteiger partial charge in [-0.3, -0.25) is 0 Å². The fourth-order valence-corrected chi connectivity index (χ4v) is 1.73. The molecule has 12 heavy (non-hydrogen) atoms. The first-order valence-electron chi connectivity index (χ1n) is 5.42. The van der Waals surface area contributed by atoms with Crippen LogP contribution >= 0.6 is 0 Å². The minimum absolute atomic E-state index is 0.0365. The zero-order chi connectivity index (χ0) is 8.97. The Labute approximate surface area is 76.2 Å². The van der Waals surface area contributed by atoms with Gasteiger partial charge in [0.05, 0.1) is 6.10 Å². The van der Waals surface area contributed by atoms with Gasteiger partial charge >= 0.3 is 0 Å². The lowest BCUT2D eigenvalue weighted by Gasteiger charge is -2.17. The highest BCUT2D eigenvalue weighted by molar-refractivity contribution is 4.77. The number of rotatable bonds is 6. The molecule has 0 aliphatic heterocycles. The van der Waals surface area contributed by atoms with Crippen LogP contribution in [0.25, 0.3) is 0 Å². The van der Waals surface area contributed by atoms with Gasteiger partial charge < -0.3 is 5.11 Å². The van der Waals surface area contributed by atoms with Crippen molar-refractivity contribution in [1.29, 1.82) is 0 Å². The molecule has 1 aliphatic rings. The lowest BCUT2D eigenvalue weighted by Crippen LogP contribution is -2.17. The van der Waals surface area contributed by atoms with Crippen LogP contribution in [0.3, 0.4) is 0 Å². The van der Waals surface area contributed by atoms with E-state index < -0.39 is 0 Å². The Kier molecular flexibility index (Phi) is 4.07. The van der Waals surface area contributed by atoms with E-state index in [0.29, 0.717) is 5.92 Å². The third kappa shape index (κ3) is 3.57. The highest BCUT2D eigenvalue weighted by Gasteiger charge is 2.26. The molecule has 0 aromatic rings. The fraction of sp³-hybridized carbons (Fsp3) is 1.00. The molecule has 0 bridgehead atoms. The quantitative estimate of drug-likeness (QED) is 0.649. The SMILES string of the molecule is CCCCC(O)C(C)CC1CC1. The van der Waals surface area contributed by atoms with Gasteiger partial charge in [0.25, 0.3) is 0 Å². The second-order valence-electron chi connectivity index (χ2n) is 4.37. The molecule has 0 spiro atoms. The van der Waals surface area contributed by atoms with Gasteiger partial charge in [0, 0.05) is 0 Å². The van der Waals surface area contributed by atoms with Gasteiger partial charge in [0.15, 0.2) is 0 Å². The summed E-state index contributed by atoms with van der Waals surface area (Å²) in [6, 6.07) is 0. The highest BCUT2D eigenvalue weighted by atomic mass is 16.3. The molecule has 0 saturated heterocycles. The first-order valence-corrected chi connectivity index (χ1v) is 5.42. The Hall–Kier alpha value is -0.0400. The lowest BCUT2D eigenvalue weighted by atomic mass is 9.94. The van der Waals surface area contributed by atoms with Crippen LogP contribution in [0.4, 0.5) is 0 Å². The Morgan fingerprint density at radius 1 is 1.42 bits per heavy atom. The van der Waals surface area contributed by atoms with Crippen molar-refractivity contribution in [3.63, 3.8) is 0 Å². The van der Waals surface area contributed by atoms with E-state index in [1.807, 2.05) is 0 Å². The first-order chi connectivity index (χ1) is 5.74. The van der Waals surface area contributed by atoms with Crippen molar-refractivity contribution in [3.05, 3.63) is 0 Å². The van der Waals surface area contributed by atoms with Crippen LogP contribution in [0, 0.1) is 11.8 Å². The van der Waals surface area contributed by atoms with Gasteiger partial charge in [-0.1, -0.05) is 39.5 Å². The number of hydrogen-bond acceptors (Lipinski definition) is 1. The van der Waals surface area contributed by atoms with E-state index in [0.717, 1.165) is 12.3 Å². The minimum Gasteiger partial charge on any atom is -0.393 e. The van der Waals surface area contributed by atoms with Crippen molar-refractivity contribution >= 4 is 0 Å². The van der Waals surface area contributed by atoms with Gasteiger partial charge in [0.2, 0.25) is 0 Å². The summed E-state index contributed by atoms with van der Waals surface area (Å²) in [6.45, 7) is 4.37. The van der Waals surface area contributed by atoms with E-state index in [1.54, 1.807) is 0 Å². The van der Waals surface area contributed by atoms with Crippen LogP contribution < -0.4 is 0 Å². The van der Waals surface area contributed by atoms with Gasteiger partial charge in [-0.15, -0.1) is 0 Å². The van der Waals surface area contributed by atoms with Crippen LogP contribution in [0.2, 0.25) is 0 Å². The standard InChI is InChI=1S/C11H22O/c1-3-4-5-11(12)9(2)8-10-6-7-10/h9-12H,3-8H2,1-2H3. The summed E-state index contributed by atoms with van der Waals surface area (Å²) < 4.78 is 0. The van der Waals surface area contributed by atoms with Crippen molar-refractivity contribution in [2.75, 3.05) is 0 Å². The second kappa shape index (κ2) is 4.86. The van der Waals surface area contributed by atoms with Gasteiger partial charge in [-0.2, -0.15) is 0 Å². The lowest BCUT2D eigenvalue weighted by molar-refractivity contribution is 0.0977. The molecule has 1 heteroatoms. The van der Waals surface area contributed by atoms with E-state index in [1.165, 1.54) is 32.1 Å². The molecule has 0 radical (unpaired) electrons. The predicted molar refractivity (Wildman–Crippen MR) is 52.0 cm³/mol. The summed E-state index contributed by atoms with van der Waals surface area (Å²) in [5.74, 6) is 1.49. The van der Waals surface area contributed by atoms with Crippen molar-refractivity contribution < 1.29 is 5.11 Å². The summed E-state index contributed by atoms with van der Waals surface area (Å²) in [7, 11) is 0. The molecule has 1 rings (SSSR count). The fourth-order valence-electron chi connectivity index (χ4n) is 1.73. The van der Waals surface area contributed by atoms with Crippen molar-refractivity contribution in [1.82, 2.24) is 0 Å². The number of aliphatic hydroxyl groups is 1. The van der Waals surface area contributed by atoms with Crippen LogP contribution in [-0.4, -0.2) is 11.2 Å². The van der Waals surface area contributed by atoms with Crippen molar-refractivity contribution in [2.45, 2.75) is 58.5 Å². The summed E-state index contributed by atoms with van der Waals surface area (Å²) >= 11 is 0. The monoisotopic (exact) mass is 170 g/mol. The second-order valence-corrected chi connectivity index (χ2v) is 4.37. The van der Waals surface area contributed by atoms with Crippen LogP contribution in [-0.2, 0) is 0 Å². The first kappa shape index (κ1) is 10.0. The maximum atomic E-state index is 9.73. The molecule has 2 atom stereocenters. The van der Waals surface area contributed by atoms with Gasteiger partial charge in [0.1, 0.15) is 0 Å². The van der Waals surface area contributed by atoms with E-state index >= 15 is 0 Å². The normalized spacial score (nSPS) is 22.2. The number of hydrogen-bond donors (Lipinski definition) is 1. The van der Waals surface area contributed by atoms with E-state index in [-0.39, 0.29) is 6.10 Å². The molecular formula is C11H22O. The maximum Gasteiger partial charge on any atom is 0.0565 e. The minimum atomic E-state index is -0.0365. The van der Waals surface area contributed by atoms with Crippen LogP contribution in [0.5, 0.6) is 0 Å². The predicted octanol–water partition coefficient (Wildman–Crippen LogP) is 2.97. The molecule has 1 fully saturated rings. The van der Waals surface area contributed by atoms with Crippen LogP contribution in [0.1, 0.15) is 52.4 Å². The molecule has 2 unspecified atom stereocenters. The Morgan fingerprint density at radius 2 is 2.08 bits per heavy atom. The maximum absolute atomic E-state index is 9.73. The summed E-state index contributed by atoms with van der Waals surface area (Å²) in [5.41, 5.74) is 0. The van der Waals surface area contributed by atoms with Crippen LogP contribution in [0.15, 0.2) is 0 Å². The third-order valence-corrected chi connectivity index (χ3v) is 2.91. The third-order valence-electron chi connectivity index (χ3n) is 2.91. The smallest absolute Gasteiger partial charge is 0.0565 e. The molecule has 1 nitrogen and oxygen atoms in total. The highest BCUT2D eigenvalue weighted by Crippen LogP contribution is 2.36. The average molecular weight is 170 g/mol. The zero-order valence-corrected chi connectivity index (χ0v) is 8.42. The molecule has 72 valence electrons. The number of unbranched alkanes of at least 4 members (excludes halogenated alkanes) is 1. The van der Waals surface area contributed by atoms with E-state index in [9.17, 15) is 5.11 Å². The molecule has 1 aliphatic carbocycles. The van der Waals surface area contributed by atoms with Crippen molar-refractivity contribution in [2.24, 2.45) is 11.8 Å². The van der Waals surface area contributed by atoms with E-state index in [4.69, 9.17) is 0 Å². The Morgan fingerprint density at radius 3 is 2.58 bits per heavy atom. The van der Waals surface area contributed by atoms with Gasteiger partial charge in [-0.25, -0.2) is 0 Å². The molecule has 0 aromatic heterocycles. The zero-order valence-electron chi connectivity index (χ0n) is 8.42. The topological polar surface area (TPSA) is 20.2 Å². The molecule has 0 heterocycles. The summed E-state index contributed by atoms with van der Waals surface area (Å²) in [4.78, 5) is 0. The Balaban J connectivity index is 2.06. The van der Waals surface area contributed by atoms with Crippen molar-refractivity contribution in [3.8, 4) is 0 Å².